The smallest absolute Gasteiger partial charge is 0.338 e. The molecule has 0 unspecified atom stereocenters. The number of para-hydroxylation sites is 1. The first kappa shape index (κ1) is 18.7. The number of hydrogen-bond acceptors (Lipinski definition) is 4. The number of amides is 2. The molecule has 0 atom stereocenters. The molecule has 28 heavy (non-hydrogen) atoms. The Labute approximate surface area is 168 Å². The van der Waals surface area contributed by atoms with Gasteiger partial charge in [0.25, 0.3) is 11.8 Å². The summed E-state index contributed by atoms with van der Waals surface area (Å²) in [4.78, 5) is 39.0. The molecular weight excluding hydrogens is 378 g/mol. The van der Waals surface area contributed by atoms with Crippen LogP contribution < -0.4 is 4.90 Å². The van der Waals surface area contributed by atoms with Gasteiger partial charge in [0.2, 0.25) is 0 Å². The van der Waals surface area contributed by atoms with Gasteiger partial charge in [-0.3, -0.25) is 9.59 Å². The van der Waals surface area contributed by atoms with Gasteiger partial charge in [0.1, 0.15) is 0 Å². The van der Waals surface area contributed by atoms with Crippen LogP contribution in [0.15, 0.2) is 42.5 Å². The third-order valence-electron chi connectivity index (χ3n) is 5.39. The third-order valence-corrected chi connectivity index (χ3v) is 5.71. The van der Waals surface area contributed by atoms with Gasteiger partial charge in [-0.25, -0.2) is 9.69 Å². The standard InChI is InChI=1S/C22H20ClNO4/c23-18-8-4-5-9-19(18)24-20(25)16-11-10-15(12-17(16)21(24)26)22(27)28-13-14-6-2-1-3-7-14/h4-5,8-12,14H,1-3,6-7,13H2. The SMILES string of the molecule is O=C(OCC1CCCCC1)c1ccc2c(c1)C(=O)N(c1ccccc1Cl)C2=O. The number of fused-ring (bicyclic) bond motifs is 1. The molecule has 0 N–H and O–H groups in total. The summed E-state index contributed by atoms with van der Waals surface area (Å²) < 4.78 is 5.45. The van der Waals surface area contributed by atoms with Crippen molar-refractivity contribution in [1.29, 1.82) is 0 Å². The van der Waals surface area contributed by atoms with Gasteiger partial charge in [0.15, 0.2) is 0 Å². The van der Waals surface area contributed by atoms with Crippen LogP contribution in [-0.4, -0.2) is 24.4 Å². The summed E-state index contributed by atoms with van der Waals surface area (Å²) in [6.45, 7) is 0.397. The number of benzene rings is 2. The largest absolute Gasteiger partial charge is 0.462 e. The van der Waals surface area contributed by atoms with E-state index < -0.39 is 17.8 Å². The minimum Gasteiger partial charge on any atom is -0.462 e. The molecule has 0 saturated heterocycles. The number of ether oxygens (including phenoxy) is 1. The van der Waals surface area contributed by atoms with Crippen LogP contribution in [-0.2, 0) is 4.74 Å². The second-order valence-electron chi connectivity index (χ2n) is 7.26. The van der Waals surface area contributed by atoms with Gasteiger partial charge in [0.05, 0.1) is 34.0 Å². The van der Waals surface area contributed by atoms with E-state index in [0.29, 0.717) is 23.2 Å². The van der Waals surface area contributed by atoms with Crippen molar-refractivity contribution in [2.45, 2.75) is 32.1 Å². The number of hydrogen-bond donors (Lipinski definition) is 0. The van der Waals surface area contributed by atoms with Gasteiger partial charge in [0, 0.05) is 0 Å². The van der Waals surface area contributed by atoms with Gasteiger partial charge < -0.3 is 4.74 Å². The van der Waals surface area contributed by atoms with Gasteiger partial charge in [-0.2, -0.15) is 0 Å². The lowest BCUT2D eigenvalue weighted by Gasteiger charge is -2.21. The second kappa shape index (κ2) is 7.76. The summed E-state index contributed by atoms with van der Waals surface area (Å²) in [7, 11) is 0. The Morgan fingerprint density at radius 2 is 1.71 bits per heavy atom. The lowest BCUT2D eigenvalue weighted by molar-refractivity contribution is 0.0410. The lowest BCUT2D eigenvalue weighted by atomic mass is 9.90. The van der Waals surface area contributed by atoms with E-state index >= 15 is 0 Å². The van der Waals surface area contributed by atoms with E-state index in [1.165, 1.54) is 37.5 Å². The summed E-state index contributed by atoms with van der Waals surface area (Å²) in [5, 5.41) is 0.309. The van der Waals surface area contributed by atoms with Crippen LogP contribution in [0.5, 0.6) is 0 Å². The molecule has 2 amide bonds. The molecule has 2 aromatic carbocycles. The maximum atomic E-state index is 12.8. The lowest BCUT2D eigenvalue weighted by Crippen LogP contribution is -2.29. The Bertz CT molecular complexity index is 949. The highest BCUT2D eigenvalue weighted by atomic mass is 35.5. The summed E-state index contributed by atoms with van der Waals surface area (Å²) >= 11 is 6.15. The Balaban J connectivity index is 1.53. The minimum absolute atomic E-state index is 0.192. The molecule has 5 nitrogen and oxygen atoms in total. The van der Waals surface area contributed by atoms with Crippen LogP contribution in [0, 0.1) is 5.92 Å². The molecule has 0 bridgehead atoms. The van der Waals surface area contributed by atoms with Crippen molar-refractivity contribution in [2.75, 3.05) is 11.5 Å². The Hall–Kier alpha value is -2.66. The van der Waals surface area contributed by atoms with Crippen molar-refractivity contribution in [3.05, 3.63) is 64.2 Å². The number of imide groups is 1. The van der Waals surface area contributed by atoms with Crippen molar-refractivity contribution >= 4 is 35.1 Å². The molecule has 1 aliphatic carbocycles. The van der Waals surface area contributed by atoms with E-state index in [1.807, 2.05) is 0 Å². The quantitative estimate of drug-likeness (QED) is 0.545. The molecule has 2 aliphatic rings. The summed E-state index contributed by atoms with van der Waals surface area (Å²) in [6, 6.07) is 11.1. The van der Waals surface area contributed by atoms with E-state index in [4.69, 9.17) is 16.3 Å². The fourth-order valence-electron chi connectivity index (χ4n) is 3.85. The number of rotatable bonds is 4. The van der Waals surface area contributed by atoms with Crippen molar-refractivity contribution in [3.8, 4) is 0 Å². The first-order valence-electron chi connectivity index (χ1n) is 9.51. The van der Waals surface area contributed by atoms with E-state index in [9.17, 15) is 14.4 Å². The molecular formula is C22H20ClNO4. The average molecular weight is 398 g/mol. The minimum atomic E-state index is -0.491. The predicted octanol–water partition coefficient (Wildman–Crippen LogP) is 4.88. The van der Waals surface area contributed by atoms with Crippen LogP contribution in [0.2, 0.25) is 5.02 Å². The van der Waals surface area contributed by atoms with Crippen molar-refractivity contribution < 1.29 is 19.1 Å². The Morgan fingerprint density at radius 1 is 1.00 bits per heavy atom. The zero-order valence-corrected chi connectivity index (χ0v) is 16.1. The van der Waals surface area contributed by atoms with Crippen LogP contribution in [0.1, 0.15) is 63.2 Å². The van der Waals surface area contributed by atoms with Crippen molar-refractivity contribution in [2.24, 2.45) is 5.92 Å². The number of anilines is 1. The molecule has 2 aromatic rings. The summed E-state index contributed by atoms with van der Waals surface area (Å²) in [5.41, 5.74) is 1.05. The van der Waals surface area contributed by atoms with Crippen LogP contribution in [0.4, 0.5) is 5.69 Å². The number of carbonyl (C=O) groups excluding carboxylic acids is 3. The predicted molar refractivity (Wildman–Crippen MR) is 106 cm³/mol. The topological polar surface area (TPSA) is 63.7 Å². The molecule has 6 heteroatoms. The first-order valence-corrected chi connectivity index (χ1v) is 9.88. The highest BCUT2D eigenvalue weighted by Gasteiger charge is 2.38. The molecule has 144 valence electrons. The zero-order valence-electron chi connectivity index (χ0n) is 15.3. The number of halogens is 1. The summed E-state index contributed by atoms with van der Waals surface area (Å²) in [5.74, 6) is -0.999. The van der Waals surface area contributed by atoms with Crippen molar-refractivity contribution in [3.63, 3.8) is 0 Å². The van der Waals surface area contributed by atoms with E-state index in [-0.39, 0.29) is 16.7 Å². The van der Waals surface area contributed by atoms with Gasteiger partial charge in [-0.15, -0.1) is 0 Å². The van der Waals surface area contributed by atoms with Crippen LogP contribution in [0.25, 0.3) is 0 Å². The molecule has 1 saturated carbocycles. The third kappa shape index (κ3) is 3.42. The molecule has 0 spiro atoms. The molecule has 0 radical (unpaired) electrons. The molecule has 4 rings (SSSR count). The normalized spacial score (nSPS) is 17.0. The summed E-state index contributed by atoms with van der Waals surface area (Å²) in [6.07, 6.45) is 5.76. The second-order valence-corrected chi connectivity index (χ2v) is 7.67. The highest BCUT2D eigenvalue weighted by Crippen LogP contribution is 2.33. The highest BCUT2D eigenvalue weighted by molar-refractivity contribution is 6.39. The number of esters is 1. The monoisotopic (exact) mass is 397 g/mol. The molecule has 1 aliphatic heterocycles. The Morgan fingerprint density at radius 3 is 2.46 bits per heavy atom. The molecule has 1 fully saturated rings. The van der Waals surface area contributed by atoms with Crippen LogP contribution >= 0.6 is 11.6 Å². The van der Waals surface area contributed by atoms with Gasteiger partial charge >= 0.3 is 5.97 Å². The number of carbonyl (C=O) groups is 3. The van der Waals surface area contributed by atoms with Gasteiger partial charge in [-0.05, 0) is 49.1 Å². The molecule has 1 heterocycles. The van der Waals surface area contributed by atoms with E-state index in [0.717, 1.165) is 17.7 Å². The Kier molecular flexibility index (Phi) is 5.18. The zero-order chi connectivity index (χ0) is 19.7. The maximum Gasteiger partial charge on any atom is 0.338 e. The fourth-order valence-corrected chi connectivity index (χ4v) is 4.07. The van der Waals surface area contributed by atoms with E-state index in [2.05, 4.69) is 0 Å². The van der Waals surface area contributed by atoms with Gasteiger partial charge in [-0.1, -0.05) is 43.0 Å². The number of nitrogens with zero attached hydrogens (tertiary/aromatic N) is 1. The average Bonchev–Trinajstić information content (AvgIpc) is 2.97. The first-order chi connectivity index (χ1) is 13.6. The van der Waals surface area contributed by atoms with Crippen molar-refractivity contribution in [1.82, 2.24) is 0 Å². The van der Waals surface area contributed by atoms with E-state index in [1.54, 1.807) is 24.3 Å². The fraction of sp³-hybridized carbons (Fsp3) is 0.318. The maximum absolute atomic E-state index is 12.8. The van der Waals surface area contributed by atoms with Crippen LogP contribution in [0.3, 0.4) is 0 Å². The molecule has 0 aromatic heterocycles.